The average molecular weight is 285 g/mol. The third-order valence-electron chi connectivity index (χ3n) is 4.01. The van der Waals surface area contributed by atoms with Crippen molar-refractivity contribution in [3.8, 4) is 0 Å². The molecule has 1 aromatic carbocycles. The summed E-state index contributed by atoms with van der Waals surface area (Å²) in [6.45, 7) is 6.44. The highest BCUT2D eigenvalue weighted by molar-refractivity contribution is 6.01. The minimum atomic E-state index is -0.370. The van der Waals surface area contributed by atoms with Gasteiger partial charge in [-0.1, -0.05) is 29.8 Å². The molecule has 5 nitrogen and oxygen atoms in total. The average Bonchev–Trinajstić information content (AvgIpc) is 2.76. The predicted molar refractivity (Wildman–Crippen MR) is 79.5 cm³/mol. The zero-order chi connectivity index (χ0) is 15.1. The minimum Gasteiger partial charge on any atom is -0.331 e. The lowest BCUT2D eigenvalue weighted by molar-refractivity contribution is -0.127. The Morgan fingerprint density at radius 1 is 1.19 bits per heavy atom. The van der Waals surface area contributed by atoms with Crippen LogP contribution in [0.3, 0.4) is 0 Å². The van der Waals surface area contributed by atoms with E-state index in [1.165, 1.54) is 0 Å². The minimum absolute atomic E-state index is 0.00178. The van der Waals surface area contributed by atoms with Gasteiger partial charge in [-0.2, -0.15) is 0 Å². The summed E-state index contributed by atoms with van der Waals surface area (Å²) in [7, 11) is 0. The van der Waals surface area contributed by atoms with Crippen LogP contribution in [0.1, 0.15) is 31.0 Å². The summed E-state index contributed by atoms with van der Waals surface area (Å²) >= 11 is 0. The largest absolute Gasteiger partial charge is 0.331 e. The lowest BCUT2D eigenvalue weighted by Gasteiger charge is -2.26. The van der Waals surface area contributed by atoms with Crippen molar-refractivity contribution in [2.45, 2.75) is 32.9 Å². The van der Waals surface area contributed by atoms with Crippen LogP contribution in [0, 0.1) is 6.92 Å². The van der Waals surface area contributed by atoms with Crippen LogP contribution in [-0.4, -0.2) is 29.4 Å². The Balaban J connectivity index is 2.00. The first-order valence-electron chi connectivity index (χ1n) is 7.15. The maximum atomic E-state index is 12.6. The van der Waals surface area contributed by atoms with E-state index in [9.17, 15) is 9.59 Å². The van der Waals surface area contributed by atoms with Gasteiger partial charge in [-0.3, -0.25) is 4.79 Å². The second-order valence-corrected chi connectivity index (χ2v) is 5.86. The first kappa shape index (κ1) is 13.7. The smallest absolute Gasteiger partial charge is 0.319 e. The lowest BCUT2D eigenvalue weighted by atomic mass is 9.95. The van der Waals surface area contributed by atoms with E-state index >= 15 is 0 Å². The standard InChI is InChI=1S/C16H19N3O2/c1-9(2)19-8-12-13(15(19)20)14(18-16(21)17-12)11-6-4-10(3)5-7-11/h4-7,9,14H,8H2,1-3H3,(H2,17,18,21). The lowest BCUT2D eigenvalue weighted by Crippen LogP contribution is -2.44. The molecule has 110 valence electrons. The maximum absolute atomic E-state index is 12.6. The molecule has 0 saturated heterocycles. The molecule has 3 rings (SSSR count). The van der Waals surface area contributed by atoms with Crippen LogP contribution in [0.4, 0.5) is 4.79 Å². The van der Waals surface area contributed by atoms with E-state index in [2.05, 4.69) is 10.6 Å². The highest BCUT2D eigenvalue weighted by atomic mass is 16.2. The summed E-state index contributed by atoms with van der Waals surface area (Å²) in [5.41, 5.74) is 3.46. The fraction of sp³-hybridized carbons (Fsp3) is 0.375. The van der Waals surface area contributed by atoms with Crippen LogP contribution in [0.5, 0.6) is 0 Å². The second kappa shape index (κ2) is 4.91. The maximum Gasteiger partial charge on any atom is 0.319 e. The molecule has 0 aromatic heterocycles. The number of benzene rings is 1. The number of nitrogens with one attached hydrogen (secondary N) is 2. The van der Waals surface area contributed by atoms with Gasteiger partial charge in [-0.25, -0.2) is 4.79 Å². The second-order valence-electron chi connectivity index (χ2n) is 5.86. The molecule has 2 aliphatic heterocycles. The van der Waals surface area contributed by atoms with Crippen LogP contribution < -0.4 is 10.6 Å². The summed E-state index contributed by atoms with van der Waals surface area (Å²) in [5, 5.41) is 5.63. The number of hydrogen-bond acceptors (Lipinski definition) is 2. The number of urea groups is 1. The summed E-state index contributed by atoms with van der Waals surface area (Å²) < 4.78 is 0. The van der Waals surface area contributed by atoms with Crippen molar-refractivity contribution < 1.29 is 9.59 Å². The Labute approximate surface area is 124 Å². The molecule has 0 radical (unpaired) electrons. The third-order valence-corrected chi connectivity index (χ3v) is 4.01. The first-order valence-corrected chi connectivity index (χ1v) is 7.15. The van der Waals surface area contributed by atoms with E-state index in [1.807, 2.05) is 45.0 Å². The molecule has 2 N–H and O–H groups in total. The topological polar surface area (TPSA) is 61.4 Å². The van der Waals surface area contributed by atoms with E-state index in [0.29, 0.717) is 12.1 Å². The van der Waals surface area contributed by atoms with Crippen molar-refractivity contribution in [3.63, 3.8) is 0 Å². The Morgan fingerprint density at radius 2 is 1.86 bits per heavy atom. The molecule has 2 heterocycles. The number of carbonyl (C=O) groups excluding carboxylic acids is 2. The number of aryl methyl sites for hydroxylation is 1. The van der Waals surface area contributed by atoms with Crippen molar-refractivity contribution in [2.24, 2.45) is 0 Å². The Morgan fingerprint density at radius 3 is 2.48 bits per heavy atom. The van der Waals surface area contributed by atoms with Gasteiger partial charge in [0.1, 0.15) is 0 Å². The fourth-order valence-electron chi connectivity index (χ4n) is 2.82. The molecular formula is C16H19N3O2. The fourth-order valence-corrected chi connectivity index (χ4v) is 2.82. The van der Waals surface area contributed by atoms with E-state index in [4.69, 9.17) is 0 Å². The SMILES string of the molecule is Cc1ccc(C2NC(=O)NC3=C2C(=O)N(C(C)C)C3)cc1. The van der Waals surface area contributed by atoms with Gasteiger partial charge in [0.2, 0.25) is 0 Å². The van der Waals surface area contributed by atoms with Crippen molar-refractivity contribution in [1.82, 2.24) is 15.5 Å². The van der Waals surface area contributed by atoms with Gasteiger partial charge < -0.3 is 15.5 Å². The van der Waals surface area contributed by atoms with Crippen molar-refractivity contribution in [2.75, 3.05) is 6.54 Å². The molecule has 0 bridgehead atoms. The van der Waals surface area contributed by atoms with Crippen LogP contribution in [-0.2, 0) is 4.79 Å². The summed E-state index contributed by atoms with van der Waals surface area (Å²) in [4.78, 5) is 26.2. The van der Waals surface area contributed by atoms with Gasteiger partial charge in [-0.15, -0.1) is 0 Å². The molecule has 1 unspecified atom stereocenters. The van der Waals surface area contributed by atoms with Gasteiger partial charge in [-0.05, 0) is 26.3 Å². The molecule has 0 saturated carbocycles. The van der Waals surface area contributed by atoms with Gasteiger partial charge in [0, 0.05) is 6.04 Å². The highest BCUT2D eigenvalue weighted by Crippen LogP contribution is 2.33. The van der Waals surface area contributed by atoms with E-state index in [0.717, 1.165) is 16.8 Å². The number of rotatable bonds is 2. The van der Waals surface area contributed by atoms with Crippen LogP contribution >= 0.6 is 0 Å². The normalized spacial score (nSPS) is 21.5. The molecule has 3 amide bonds. The van der Waals surface area contributed by atoms with Crippen LogP contribution in [0.15, 0.2) is 35.5 Å². The van der Waals surface area contributed by atoms with E-state index < -0.39 is 0 Å². The van der Waals surface area contributed by atoms with Crippen molar-refractivity contribution >= 4 is 11.9 Å². The van der Waals surface area contributed by atoms with Gasteiger partial charge >= 0.3 is 6.03 Å². The third kappa shape index (κ3) is 2.28. The van der Waals surface area contributed by atoms with Crippen molar-refractivity contribution in [3.05, 3.63) is 46.7 Å². The van der Waals surface area contributed by atoms with Crippen LogP contribution in [0.2, 0.25) is 0 Å². The summed E-state index contributed by atoms with van der Waals surface area (Å²) in [6, 6.07) is 7.39. The van der Waals surface area contributed by atoms with Gasteiger partial charge in [0.25, 0.3) is 5.91 Å². The summed E-state index contributed by atoms with van der Waals surface area (Å²) in [5.74, 6) is -0.00178. The Bertz CT molecular complexity index is 631. The molecule has 0 spiro atoms. The van der Waals surface area contributed by atoms with E-state index in [1.54, 1.807) is 4.90 Å². The van der Waals surface area contributed by atoms with Gasteiger partial charge in [0.15, 0.2) is 0 Å². The molecular weight excluding hydrogens is 266 g/mol. The quantitative estimate of drug-likeness (QED) is 0.871. The Hall–Kier alpha value is -2.30. The zero-order valence-corrected chi connectivity index (χ0v) is 12.4. The number of nitrogens with zero attached hydrogens (tertiary/aromatic N) is 1. The number of carbonyl (C=O) groups is 2. The molecule has 0 fully saturated rings. The first-order chi connectivity index (χ1) is 9.97. The molecule has 5 heteroatoms. The highest BCUT2D eigenvalue weighted by Gasteiger charge is 2.40. The summed E-state index contributed by atoms with van der Waals surface area (Å²) in [6.07, 6.45) is 0. The molecule has 21 heavy (non-hydrogen) atoms. The molecule has 2 aliphatic rings. The Kier molecular flexibility index (Phi) is 3.20. The van der Waals surface area contributed by atoms with Gasteiger partial charge in [0.05, 0.1) is 23.9 Å². The monoisotopic (exact) mass is 285 g/mol. The predicted octanol–water partition coefficient (Wildman–Crippen LogP) is 1.85. The number of amides is 3. The molecule has 1 aromatic rings. The molecule has 0 aliphatic carbocycles. The zero-order valence-electron chi connectivity index (χ0n) is 12.4. The molecule has 1 atom stereocenters. The van der Waals surface area contributed by atoms with Crippen LogP contribution in [0.25, 0.3) is 0 Å². The van der Waals surface area contributed by atoms with E-state index in [-0.39, 0.29) is 24.0 Å². The van der Waals surface area contributed by atoms with Crippen molar-refractivity contribution in [1.29, 1.82) is 0 Å². The number of hydrogen-bond donors (Lipinski definition) is 2.